The van der Waals surface area contributed by atoms with Gasteiger partial charge in [0.1, 0.15) is 11.4 Å². The van der Waals surface area contributed by atoms with Crippen molar-refractivity contribution >= 4 is 38.8 Å². The Bertz CT molecular complexity index is 1500. The van der Waals surface area contributed by atoms with Crippen LogP contribution in [0, 0.1) is 0 Å². The van der Waals surface area contributed by atoms with Crippen LogP contribution >= 0.6 is 11.3 Å². The van der Waals surface area contributed by atoms with Crippen LogP contribution < -0.4 is 15.0 Å². The number of rotatable bonds is 4. The van der Waals surface area contributed by atoms with Crippen LogP contribution in [0.5, 0.6) is 5.75 Å². The van der Waals surface area contributed by atoms with Gasteiger partial charge >= 0.3 is 0 Å². The quantitative estimate of drug-likeness (QED) is 0.355. The third kappa shape index (κ3) is 3.86. The standard InChI is InChI=1S/C27H20N4O2S/c32-26(30-27-29-24(16-34-27)23-10-3-4-13-28-23)19-7-5-8-20(14-19)31-15-22-21-9-2-1-6-18(21)11-12-25(22)33-17-31/h1-14,16H,15,17H2,(H,29,30,32). The van der Waals surface area contributed by atoms with Crippen molar-refractivity contribution < 1.29 is 9.53 Å². The molecule has 6 nitrogen and oxygen atoms in total. The Labute approximate surface area is 200 Å². The Morgan fingerprint density at radius 1 is 0.971 bits per heavy atom. The first kappa shape index (κ1) is 20.4. The monoisotopic (exact) mass is 464 g/mol. The van der Waals surface area contributed by atoms with E-state index < -0.39 is 0 Å². The molecule has 1 N–H and O–H groups in total. The molecule has 0 spiro atoms. The van der Waals surface area contributed by atoms with Crippen LogP contribution in [-0.2, 0) is 6.54 Å². The summed E-state index contributed by atoms with van der Waals surface area (Å²) in [5.41, 5.74) is 4.17. The van der Waals surface area contributed by atoms with Crippen LogP contribution in [0.2, 0.25) is 0 Å². The maximum atomic E-state index is 13.0. The molecular weight excluding hydrogens is 444 g/mol. The van der Waals surface area contributed by atoms with Crippen LogP contribution in [-0.4, -0.2) is 22.6 Å². The molecular formula is C27H20N4O2S. The zero-order chi connectivity index (χ0) is 22.9. The second kappa shape index (κ2) is 8.61. The average molecular weight is 465 g/mol. The molecule has 1 amide bonds. The molecule has 6 rings (SSSR count). The number of carbonyl (C=O) groups excluding carboxylic acids is 1. The number of aromatic nitrogens is 2. The molecule has 0 saturated carbocycles. The highest BCUT2D eigenvalue weighted by Crippen LogP contribution is 2.34. The first-order valence-electron chi connectivity index (χ1n) is 10.9. The molecule has 0 atom stereocenters. The van der Waals surface area contributed by atoms with E-state index in [1.807, 2.05) is 60.0 Å². The highest BCUT2D eigenvalue weighted by atomic mass is 32.1. The van der Waals surface area contributed by atoms with Crippen LogP contribution in [0.15, 0.2) is 90.4 Å². The molecule has 0 saturated heterocycles. The van der Waals surface area contributed by atoms with Gasteiger partial charge in [-0.25, -0.2) is 4.98 Å². The summed E-state index contributed by atoms with van der Waals surface area (Å²) >= 11 is 1.38. The van der Waals surface area contributed by atoms with E-state index in [0.717, 1.165) is 28.4 Å². The fourth-order valence-corrected chi connectivity index (χ4v) is 4.84. The van der Waals surface area contributed by atoms with Crippen molar-refractivity contribution in [3.05, 3.63) is 102 Å². The van der Waals surface area contributed by atoms with E-state index >= 15 is 0 Å². The molecule has 1 aliphatic heterocycles. The molecule has 0 fully saturated rings. The molecule has 2 aromatic heterocycles. The first-order chi connectivity index (χ1) is 16.7. The summed E-state index contributed by atoms with van der Waals surface area (Å²) < 4.78 is 6.05. The number of benzene rings is 3. The van der Waals surface area contributed by atoms with E-state index in [1.165, 1.54) is 22.1 Å². The summed E-state index contributed by atoms with van der Waals surface area (Å²) in [6, 6.07) is 25.7. The SMILES string of the molecule is O=C(Nc1nc(-c2ccccn2)cs1)c1cccc(N2COc3ccc4ccccc4c3C2)c1. The summed E-state index contributed by atoms with van der Waals surface area (Å²) in [6.45, 7) is 1.14. The van der Waals surface area contributed by atoms with E-state index in [4.69, 9.17) is 4.74 Å². The van der Waals surface area contributed by atoms with Crippen LogP contribution in [0.1, 0.15) is 15.9 Å². The van der Waals surface area contributed by atoms with E-state index in [1.54, 1.807) is 12.3 Å². The Morgan fingerprint density at radius 3 is 2.79 bits per heavy atom. The molecule has 3 aromatic carbocycles. The van der Waals surface area contributed by atoms with E-state index in [2.05, 4.69) is 38.4 Å². The van der Waals surface area contributed by atoms with Crippen molar-refractivity contribution in [2.24, 2.45) is 0 Å². The molecule has 5 aromatic rings. The normalized spacial score (nSPS) is 12.8. The van der Waals surface area contributed by atoms with E-state index in [9.17, 15) is 4.79 Å². The maximum Gasteiger partial charge on any atom is 0.257 e. The zero-order valence-corrected chi connectivity index (χ0v) is 19.0. The summed E-state index contributed by atoms with van der Waals surface area (Å²) in [5, 5.41) is 7.71. The third-order valence-electron chi connectivity index (χ3n) is 5.85. The molecule has 3 heterocycles. The van der Waals surface area contributed by atoms with Crippen molar-refractivity contribution in [3.63, 3.8) is 0 Å². The second-order valence-corrected chi connectivity index (χ2v) is 8.85. The number of nitrogens with zero attached hydrogens (tertiary/aromatic N) is 3. The van der Waals surface area contributed by atoms with E-state index in [0.29, 0.717) is 24.0 Å². The summed E-state index contributed by atoms with van der Waals surface area (Å²) in [6.07, 6.45) is 1.73. The van der Waals surface area contributed by atoms with Crippen molar-refractivity contribution in [2.75, 3.05) is 16.9 Å². The fourth-order valence-electron chi connectivity index (χ4n) is 4.14. The van der Waals surface area contributed by atoms with Crippen molar-refractivity contribution in [1.82, 2.24) is 9.97 Å². The predicted molar refractivity (Wildman–Crippen MR) is 135 cm³/mol. The molecule has 0 unspecified atom stereocenters. The molecule has 7 heteroatoms. The third-order valence-corrected chi connectivity index (χ3v) is 6.61. The summed E-state index contributed by atoms with van der Waals surface area (Å²) in [7, 11) is 0. The minimum Gasteiger partial charge on any atom is -0.473 e. The number of nitrogens with one attached hydrogen (secondary N) is 1. The molecule has 166 valence electrons. The molecule has 0 bridgehead atoms. The van der Waals surface area contributed by atoms with Crippen molar-refractivity contribution in [1.29, 1.82) is 0 Å². The van der Waals surface area contributed by atoms with Gasteiger partial charge in [-0.05, 0) is 47.2 Å². The lowest BCUT2D eigenvalue weighted by Gasteiger charge is -2.31. The van der Waals surface area contributed by atoms with Gasteiger partial charge in [-0.1, -0.05) is 42.5 Å². The highest BCUT2D eigenvalue weighted by Gasteiger charge is 2.21. The van der Waals surface area contributed by atoms with Crippen LogP contribution in [0.4, 0.5) is 10.8 Å². The largest absolute Gasteiger partial charge is 0.473 e. The topological polar surface area (TPSA) is 67.4 Å². The van der Waals surface area contributed by atoms with Crippen molar-refractivity contribution in [3.8, 4) is 17.1 Å². The minimum absolute atomic E-state index is 0.201. The molecule has 0 radical (unpaired) electrons. The fraction of sp³-hybridized carbons (Fsp3) is 0.0741. The highest BCUT2D eigenvalue weighted by molar-refractivity contribution is 7.14. The van der Waals surface area contributed by atoms with Gasteiger partial charge in [0, 0.05) is 28.4 Å². The molecule has 1 aliphatic rings. The van der Waals surface area contributed by atoms with Crippen LogP contribution in [0.3, 0.4) is 0 Å². The Morgan fingerprint density at radius 2 is 1.88 bits per heavy atom. The first-order valence-corrected chi connectivity index (χ1v) is 11.8. The zero-order valence-electron chi connectivity index (χ0n) is 18.1. The van der Waals surface area contributed by atoms with Gasteiger partial charge < -0.3 is 9.64 Å². The number of ether oxygens (including phenoxy) is 1. The number of carbonyl (C=O) groups is 1. The maximum absolute atomic E-state index is 13.0. The number of pyridine rings is 1. The smallest absolute Gasteiger partial charge is 0.257 e. The summed E-state index contributed by atoms with van der Waals surface area (Å²) in [5.74, 6) is 0.712. The number of hydrogen-bond acceptors (Lipinski definition) is 6. The minimum atomic E-state index is -0.201. The van der Waals surface area contributed by atoms with Gasteiger partial charge in [0.15, 0.2) is 11.9 Å². The van der Waals surface area contributed by atoms with Gasteiger partial charge in [-0.15, -0.1) is 11.3 Å². The second-order valence-electron chi connectivity index (χ2n) is 7.99. The lowest BCUT2D eigenvalue weighted by Crippen LogP contribution is -2.32. The Hall–Kier alpha value is -4.23. The van der Waals surface area contributed by atoms with Gasteiger partial charge in [-0.3, -0.25) is 15.1 Å². The van der Waals surface area contributed by atoms with Gasteiger partial charge in [0.25, 0.3) is 5.91 Å². The lowest BCUT2D eigenvalue weighted by molar-refractivity contribution is 0.102. The van der Waals surface area contributed by atoms with Gasteiger partial charge in [0.2, 0.25) is 0 Å². The molecule has 34 heavy (non-hydrogen) atoms. The average Bonchev–Trinajstić information content (AvgIpc) is 3.37. The van der Waals surface area contributed by atoms with Crippen LogP contribution in [0.25, 0.3) is 22.2 Å². The van der Waals surface area contributed by atoms with Crippen molar-refractivity contribution in [2.45, 2.75) is 6.54 Å². The number of hydrogen-bond donors (Lipinski definition) is 1. The van der Waals surface area contributed by atoms with Gasteiger partial charge in [0.05, 0.1) is 12.2 Å². The number of amides is 1. The Balaban J connectivity index is 1.22. The van der Waals surface area contributed by atoms with Gasteiger partial charge in [-0.2, -0.15) is 0 Å². The molecule has 0 aliphatic carbocycles. The van der Waals surface area contributed by atoms with E-state index in [-0.39, 0.29) is 5.91 Å². The number of thiazole rings is 1. The summed E-state index contributed by atoms with van der Waals surface area (Å²) in [4.78, 5) is 23.9. The number of fused-ring (bicyclic) bond motifs is 3. The Kier molecular flexibility index (Phi) is 5.16. The lowest BCUT2D eigenvalue weighted by atomic mass is 10.0. The predicted octanol–water partition coefficient (Wildman–Crippen LogP) is 5.97. The number of anilines is 2.